The van der Waals surface area contributed by atoms with Crippen LogP contribution in [0.2, 0.25) is 0 Å². The van der Waals surface area contributed by atoms with E-state index >= 15 is 0 Å². The number of thiol groups is 2. The van der Waals surface area contributed by atoms with Gasteiger partial charge in [0.25, 0.3) is 0 Å². The maximum absolute atomic E-state index is 4.30. The van der Waals surface area contributed by atoms with Gasteiger partial charge in [0.15, 0.2) is 0 Å². The topological polar surface area (TPSA) is 36.1 Å². The van der Waals surface area contributed by atoms with E-state index in [2.05, 4.69) is 48.1 Å². The van der Waals surface area contributed by atoms with Gasteiger partial charge in [0.05, 0.1) is 0 Å². The molecule has 0 radical (unpaired) electrons. The average molecular weight is 237 g/mol. The van der Waals surface area contributed by atoms with Crippen LogP contribution in [0.15, 0.2) is 0 Å². The monoisotopic (exact) mass is 237 g/mol. The molecular formula is C9H23N3S2. The van der Waals surface area contributed by atoms with E-state index in [1.54, 1.807) is 0 Å². The van der Waals surface area contributed by atoms with E-state index in [0.717, 1.165) is 31.1 Å². The molecule has 0 aliphatic carbocycles. The smallest absolute Gasteiger partial charge is 0.0281 e. The number of rotatable bonds is 9. The summed E-state index contributed by atoms with van der Waals surface area (Å²) < 4.78 is 0. The molecule has 0 aliphatic heterocycles. The van der Waals surface area contributed by atoms with Gasteiger partial charge in [-0.3, -0.25) is 0 Å². The molecule has 0 rings (SSSR count). The fourth-order valence-electron chi connectivity index (χ4n) is 1.25. The predicted octanol–water partition coefficient (Wildman–Crippen LogP) is 0.00170. The van der Waals surface area contributed by atoms with Gasteiger partial charge < -0.3 is 16.0 Å². The summed E-state index contributed by atoms with van der Waals surface area (Å²) in [4.78, 5) is 0. The van der Waals surface area contributed by atoms with Gasteiger partial charge in [-0.2, -0.15) is 25.3 Å². The van der Waals surface area contributed by atoms with E-state index in [0.29, 0.717) is 12.1 Å². The molecular weight excluding hydrogens is 214 g/mol. The minimum Gasteiger partial charge on any atom is -0.318 e. The lowest BCUT2D eigenvalue weighted by molar-refractivity contribution is 0.467. The molecule has 0 aromatic heterocycles. The number of hydrogen-bond acceptors (Lipinski definition) is 5. The maximum Gasteiger partial charge on any atom is 0.0281 e. The molecule has 2 atom stereocenters. The molecule has 5 heteroatoms. The highest BCUT2D eigenvalue weighted by atomic mass is 32.1. The molecule has 3 N–H and O–H groups in total. The van der Waals surface area contributed by atoms with Gasteiger partial charge >= 0.3 is 0 Å². The van der Waals surface area contributed by atoms with Crippen molar-refractivity contribution in [1.82, 2.24) is 16.0 Å². The molecule has 3 nitrogen and oxygen atoms in total. The average Bonchev–Trinajstić information content (AvgIpc) is 2.22. The molecule has 0 amide bonds. The number of nitrogens with one attached hydrogen (secondary N) is 3. The van der Waals surface area contributed by atoms with Crippen LogP contribution in [-0.4, -0.2) is 50.3 Å². The van der Waals surface area contributed by atoms with Gasteiger partial charge in [-0.15, -0.1) is 0 Å². The first-order chi connectivity index (χ1) is 6.78. The first-order valence-electron chi connectivity index (χ1n) is 5.11. The van der Waals surface area contributed by atoms with Crippen LogP contribution in [0.3, 0.4) is 0 Å². The van der Waals surface area contributed by atoms with Crippen molar-refractivity contribution in [2.45, 2.75) is 19.0 Å². The zero-order valence-electron chi connectivity index (χ0n) is 9.08. The third-order valence-corrected chi connectivity index (χ3v) is 2.92. The van der Waals surface area contributed by atoms with Gasteiger partial charge in [0.2, 0.25) is 0 Å². The van der Waals surface area contributed by atoms with Gasteiger partial charge in [-0.05, 0) is 13.6 Å². The van der Waals surface area contributed by atoms with Crippen molar-refractivity contribution in [2.24, 2.45) is 0 Å². The second-order valence-electron chi connectivity index (χ2n) is 3.28. The van der Waals surface area contributed by atoms with Crippen LogP contribution in [0, 0.1) is 0 Å². The summed E-state index contributed by atoms with van der Waals surface area (Å²) in [5, 5.41) is 9.97. The second-order valence-corrected chi connectivity index (χ2v) is 4.01. The van der Waals surface area contributed by atoms with Gasteiger partial charge in [-0.25, -0.2) is 0 Å². The molecule has 1 unspecified atom stereocenters. The Morgan fingerprint density at radius 1 is 1.00 bits per heavy atom. The fourth-order valence-corrected chi connectivity index (χ4v) is 1.76. The zero-order chi connectivity index (χ0) is 10.8. The van der Waals surface area contributed by atoms with Crippen LogP contribution in [0.5, 0.6) is 0 Å². The minimum absolute atomic E-state index is 0.435. The van der Waals surface area contributed by atoms with Crippen molar-refractivity contribution in [3.05, 3.63) is 0 Å². The standard InChI is InChI=1S/C9H23N3S2/c1-3-11-9(7-14)5-12-8(6-13)4-10-2/h8-14H,3-7H2,1-2H3/t8?,9-/m0/s1. The van der Waals surface area contributed by atoms with E-state index in [4.69, 9.17) is 0 Å². The molecule has 0 aromatic carbocycles. The van der Waals surface area contributed by atoms with Gasteiger partial charge in [0, 0.05) is 36.7 Å². The first kappa shape index (κ1) is 14.6. The van der Waals surface area contributed by atoms with Crippen molar-refractivity contribution in [3.63, 3.8) is 0 Å². The van der Waals surface area contributed by atoms with E-state index in [1.165, 1.54) is 0 Å². The molecule has 14 heavy (non-hydrogen) atoms. The Balaban J connectivity index is 3.63. The van der Waals surface area contributed by atoms with Crippen molar-refractivity contribution in [2.75, 3.05) is 38.2 Å². The third-order valence-electron chi connectivity index (χ3n) is 2.04. The van der Waals surface area contributed by atoms with Crippen LogP contribution in [0.1, 0.15) is 6.92 Å². The largest absolute Gasteiger partial charge is 0.318 e. The molecule has 0 aromatic rings. The predicted molar refractivity (Wildman–Crippen MR) is 70.9 cm³/mol. The van der Waals surface area contributed by atoms with Crippen molar-refractivity contribution < 1.29 is 0 Å². The summed E-state index contributed by atoms with van der Waals surface area (Å²) >= 11 is 8.59. The van der Waals surface area contributed by atoms with Crippen LogP contribution in [-0.2, 0) is 0 Å². The maximum atomic E-state index is 4.30. The summed E-state index contributed by atoms with van der Waals surface area (Å²) in [6, 6.07) is 0.881. The highest BCUT2D eigenvalue weighted by Gasteiger charge is 2.08. The Bertz CT molecular complexity index is 111. The quantitative estimate of drug-likeness (QED) is 0.367. The normalized spacial score (nSPS) is 15.4. The van der Waals surface area contributed by atoms with Crippen LogP contribution < -0.4 is 16.0 Å². The zero-order valence-corrected chi connectivity index (χ0v) is 10.9. The Morgan fingerprint density at radius 3 is 2.00 bits per heavy atom. The fraction of sp³-hybridized carbons (Fsp3) is 1.00. The van der Waals surface area contributed by atoms with Crippen LogP contribution >= 0.6 is 25.3 Å². The molecule has 0 fully saturated rings. The Labute approximate surface area is 98.6 Å². The molecule has 0 saturated heterocycles. The van der Waals surface area contributed by atoms with E-state index in [-0.39, 0.29) is 0 Å². The second kappa shape index (κ2) is 10.1. The van der Waals surface area contributed by atoms with Crippen molar-refractivity contribution in [3.8, 4) is 0 Å². The van der Waals surface area contributed by atoms with Crippen molar-refractivity contribution in [1.29, 1.82) is 0 Å². The molecule has 0 saturated carbocycles. The molecule has 0 heterocycles. The minimum atomic E-state index is 0.435. The summed E-state index contributed by atoms with van der Waals surface area (Å²) in [7, 11) is 1.96. The Kier molecular flexibility index (Phi) is 10.5. The third kappa shape index (κ3) is 6.95. The molecule has 0 aliphatic rings. The Morgan fingerprint density at radius 2 is 1.57 bits per heavy atom. The summed E-state index contributed by atoms with van der Waals surface area (Å²) in [6.45, 7) is 5.00. The molecule has 0 bridgehead atoms. The summed E-state index contributed by atoms with van der Waals surface area (Å²) in [5.41, 5.74) is 0. The first-order valence-corrected chi connectivity index (χ1v) is 6.38. The number of hydrogen-bond donors (Lipinski definition) is 5. The highest BCUT2D eigenvalue weighted by molar-refractivity contribution is 7.80. The molecule has 86 valence electrons. The SMILES string of the molecule is CCN[C@H](CS)CNC(CS)CNC. The van der Waals surface area contributed by atoms with E-state index < -0.39 is 0 Å². The number of likely N-dealkylation sites (N-methyl/N-ethyl adjacent to an activating group) is 2. The van der Waals surface area contributed by atoms with Gasteiger partial charge in [-0.1, -0.05) is 6.92 Å². The lowest BCUT2D eigenvalue weighted by Gasteiger charge is -2.21. The lowest BCUT2D eigenvalue weighted by atomic mass is 10.2. The summed E-state index contributed by atoms with van der Waals surface area (Å²) in [6.07, 6.45) is 0. The van der Waals surface area contributed by atoms with Crippen LogP contribution in [0.4, 0.5) is 0 Å². The van der Waals surface area contributed by atoms with E-state index in [1.807, 2.05) is 7.05 Å². The lowest BCUT2D eigenvalue weighted by Crippen LogP contribution is -2.47. The highest BCUT2D eigenvalue weighted by Crippen LogP contribution is 1.90. The molecule has 0 spiro atoms. The van der Waals surface area contributed by atoms with Crippen LogP contribution in [0.25, 0.3) is 0 Å². The van der Waals surface area contributed by atoms with Crippen molar-refractivity contribution >= 4 is 25.3 Å². The Hall–Kier alpha value is 0.580. The van der Waals surface area contributed by atoms with Gasteiger partial charge in [0.1, 0.15) is 0 Å². The summed E-state index contributed by atoms with van der Waals surface area (Å²) in [5.74, 6) is 1.71. The van der Waals surface area contributed by atoms with E-state index in [9.17, 15) is 0 Å².